The fraction of sp³-hybridized carbons (Fsp3) is 1.00. The van der Waals surface area contributed by atoms with Crippen molar-refractivity contribution < 1.29 is 0 Å². The molecule has 6 atom stereocenters. The predicted molar refractivity (Wildman–Crippen MR) is 62.9 cm³/mol. The van der Waals surface area contributed by atoms with Gasteiger partial charge in [-0.05, 0) is 25.2 Å². The third kappa shape index (κ3) is 3.39. The molecule has 0 heterocycles. The van der Waals surface area contributed by atoms with E-state index in [0.29, 0.717) is 5.92 Å². The summed E-state index contributed by atoms with van der Waals surface area (Å²) < 4.78 is 0. The fourth-order valence-electron chi connectivity index (χ4n) is 2.41. The van der Waals surface area contributed by atoms with Gasteiger partial charge < -0.3 is 28.7 Å². The van der Waals surface area contributed by atoms with Crippen molar-refractivity contribution in [1.29, 1.82) is 0 Å². The van der Waals surface area contributed by atoms with E-state index in [9.17, 15) is 0 Å². The molecule has 0 aliphatic heterocycles. The van der Waals surface area contributed by atoms with Crippen LogP contribution in [0.5, 0.6) is 0 Å². The lowest BCUT2D eigenvalue weighted by Gasteiger charge is -2.29. The maximum absolute atomic E-state index is 6.00. The van der Waals surface area contributed by atoms with E-state index >= 15 is 0 Å². The van der Waals surface area contributed by atoms with Crippen LogP contribution in [0, 0.1) is 5.92 Å². The summed E-state index contributed by atoms with van der Waals surface area (Å²) in [6.07, 6.45) is 2.54. The maximum atomic E-state index is 6.00. The van der Waals surface area contributed by atoms with Gasteiger partial charge in [0.2, 0.25) is 0 Å². The second-order valence-corrected chi connectivity index (χ2v) is 5.05. The lowest BCUT2D eigenvalue weighted by Crippen LogP contribution is -2.60. The van der Waals surface area contributed by atoms with Crippen molar-refractivity contribution in [3.05, 3.63) is 0 Å². The monoisotopic (exact) mass is 215 g/mol. The largest absolute Gasteiger partial charge is 0.328 e. The van der Waals surface area contributed by atoms with E-state index in [4.69, 9.17) is 28.7 Å². The van der Waals surface area contributed by atoms with Crippen molar-refractivity contribution >= 4 is 0 Å². The summed E-state index contributed by atoms with van der Waals surface area (Å²) in [7, 11) is 0. The van der Waals surface area contributed by atoms with Gasteiger partial charge in [0.15, 0.2) is 0 Å². The molecule has 0 radical (unpaired) electrons. The highest BCUT2D eigenvalue weighted by atomic mass is 14.9. The molecule has 1 rings (SSSR count). The second kappa shape index (κ2) is 5.23. The predicted octanol–water partition coefficient (Wildman–Crippen LogP) is -1.56. The van der Waals surface area contributed by atoms with Gasteiger partial charge in [0.1, 0.15) is 0 Å². The van der Waals surface area contributed by atoms with Gasteiger partial charge in [-0.15, -0.1) is 0 Å². The molecule has 0 aromatic carbocycles. The second-order valence-electron chi connectivity index (χ2n) is 5.05. The number of nitrogens with two attached hydrogens (primary N) is 5. The SMILES string of the molecule is CC1CC(N)CC(N)C(N)C(N)C(N)C1. The number of hydrogen-bond acceptors (Lipinski definition) is 5. The Hall–Kier alpha value is -0.200. The summed E-state index contributed by atoms with van der Waals surface area (Å²) in [6.45, 7) is 2.15. The van der Waals surface area contributed by atoms with Crippen LogP contribution in [0.3, 0.4) is 0 Å². The molecule has 1 aliphatic carbocycles. The Labute approximate surface area is 91.7 Å². The van der Waals surface area contributed by atoms with E-state index in [1.54, 1.807) is 0 Å². The third-order valence-electron chi connectivity index (χ3n) is 3.39. The number of rotatable bonds is 0. The lowest BCUT2D eigenvalue weighted by molar-refractivity contribution is 0.362. The van der Waals surface area contributed by atoms with Crippen LogP contribution in [0.25, 0.3) is 0 Å². The van der Waals surface area contributed by atoms with Crippen LogP contribution in [-0.2, 0) is 0 Å². The van der Waals surface area contributed by atoms with Crippen molar-refractivity contribution in [2.75, 3.05) is 0 Å². The summed E-state index contributed by atoms with van der Waals surface area (Å²) in [6, 6.07) is -0.597. The molecule has 0 aromatic rings. The molecular weight excluding hydrogens is 190 g/mol. The first-order valence-electron chi connectivity index (χ1n) is 5.69. The molecule has 10 N–H and O–H groups in total. The molecule has 90 valence electrons. The van der Waals surface area contributed by atoms with Crippen LogP contribution in [0.4, 0.5) is 0 Å². The van der Waals surface area contributed by atoms with Gasteiger partial charge in [-0.1, -0.05) is 6.92 Å². The summed E-state index contributed by atoms with van der Waals surface area (Å²) >= 11 is 0. The average Bonchev–Trinajstić information content (AvgIpc) is 2.15. The molecular formula is C10H25N5. The van der Waals surface area contributed by atoms with E-state index in [1.165, 1.54) is 0 Å². The third-order valence-corrected chi connectivity index (χ3v) is 3.39. The molecule has 1 fully saturated rings. The molecule has 0 aromatic heterocycles. The molecule has 15 heavy (non-hydrogen) atoms. The van der Waals surface area contributed by atoms with Gasteiger partial charge >= 0.3 is 0 Å². The van der Waals surface area contributed by atoms with E-state index in [2.05, 4.69) is 6.92 Å². The summed E-state index contributed by atoms with van der Waals surface area (Å²) in [5, 5.41) is 0. The minimum absolute atomic E-state index is 0.0775. The van der Waals surface area contributed by atoms with Gasteiger partial charge in [-0.2, -0.15) is 0 Å². The topological polar surface area (TPSA) is 130 Å². The summed E-state index contributed by atoms with van der Waals surface area (Å²) in [4.78, 5) is 0. The first-order chi connectivity index (χ1) is 6.91. The molecule has 5 heteroatoms. The molecule has 6 unspecified atom stereocenters. The van der Waals surface area contributed by atoms with Gasteiger partial charge in [0.05, 0.1) is 0 Å². The Morgan fingerprint density at radius 2 is 1.20 bits per heavy atom. The van der Waals surface area contributed by atoms with Crippen molar-refractivity contribution in [2.45, 2.75) is 56.4 Å². The molecule has 1 saturated carbocycles. The highest BCUT2D eigenvalue weighted by Gasteiger charge is 2.30. The normalized spacial score (nSPS) is 49.2. The minimum Gasteiger partial charge on any atom is -0.328 e. The van der Waals surface area contributed by atoms with Crippen LogP contribution in [0.15, 0.2) is 0 Å². The Morgan fingerprint density at radius 3 is 1.73 bits per heavy atom. The molecule has 1 aliphatic rings. The van der Waals surface area contributed by atoms with Crippen LogP contribution in [0.1, 0.15) is 26.2 Å². The zero-order valence-corrected chi connectivity index (χ0v) is 9.47. The highest BCUT2D eigenvalue weighted by molar-refractivity contribution is 4.95. The zero-order valence-electron chi connectivity index (χ0n) is 9.47. The van der Waals surface area contributed by atoms with Gasteiger partial charge in [-0.25, -0.2) is 0 Å². The number of hydrogen-bond donors (Lipinski definition) is 5. The molecule has 0 spiro atoms. The van der Waals surface area contributed by atoms with Crippen LogP contribution < -0.4 is 28.7 Å². The zero-order chi connectivity index (χ0) is 11.6. The van der Waals surface area contributed by atoms with E-state index < -0.39 is 0 Å². The fourth-order valence-corrected chi connectivity index (χ4v) is 2.41. The summed E-state index contributed by atoms with van der Waals surface area (Å²) in [5.74, 6) is 0.485. The quantitative estimate of drug-likeness (QED) is 0.334. The van der Waals surface area contributed by atoms with Gasteiger partial charge in [-0.3, -0.25) is 0 Å². The van der Waals surface area contributed by atoms with Crippen molar-refractivity contribution in [3.8, 4) is 0 Å². The Morgan fingerprint density at radius 1 is 0.733 bits per heavy atom. The molecule has 0 amide bonds. The van der Waals surface area contributed by atoms with Crippen LogP contribution in [0.2, 0.25) is 0 Å². The highest BCUT2D eigenvalue weighted by Crippen LogP contribution is 2.19. The van der Waals surface area contributed by atoms with E-state index in [1.807, 2.05) is 0 Å². The van der Waals surface area contributed by atoms with Crippen molar-refractivity contribution in [2.24, 2.45) is 34.6 Å². The van der Waals surface area contributed by atoms with Crippen molar-refractivity contribution in [1.82, 2.24) is 0 Å². The van der Waals surface area contributed by atoms with Crippen LogP contribution >= 0.6 is 0 Å². The standard InChI is InChI=1S/C10H25N5/c1-5-2-6(11)4-8(13)10(15)9(14)7(12)3-5/h5-10H,2-4,11-15H2,1H3. The van der Waals surface area contributed by atoms with E-state index in [-0.39, 0.29) is 30.2 Å². The molecule has 0 bridgehead atoms. The minimum atomic E-state index is -0.253. The first kappa shape index (κ1) is 12.9. The van der Waals surface area contributed by atoms with Crippen LogP contribution in [-0.4, -0.2) is 30.2 Å². The Bertz CT molecular complexity index is 178. The van der Waals surface area contributed by atoms with Gasteiger partial charge in [0.25, 0.3) is 0 Å². The van der Waals surface area contributed by atoms with Gasteiger partial charge in [0, 0.05) is 30.2 Å². The average molecular weight is 215 g/mol. The molecule has 0 saturated heterocycles. The molecule has 5 nitrogen and oxygen atoms in total. The Balaban J connectivity index is 2.73. The maximum Gasteiger partial charge on any atom is 0.0362 e. The smallest absolute Gasteiger partial charge is 0.0362 e. The van der Waals surface area contributed by atoms with Crippen molar-refractivity contribution in [3.63, 3.8) is 0 Å². The summed E-state index contributed by atoms with van der Waals surface area (Å²) in [5.41, 5.74) is 29.9. The lowest BCUT2D eigenvalue weighted by atomic mass is 9.91. The first-order valence-corrected chi connectivity index (χ1v) is 5.69. The Kier molecular flexibility index (Phi) is 4.48. The van der Waals surface area contributed by atoms with E-state index in [0.717, 1.165) is 19.3 Å².